The molecule has 0 saturated heterocycles. The Morgan fingerprint density at radius 3 is 3.00 bits per heavy atom. The van der Waals surface area contributed by atoms with E-state index >= 15 is 0 Å². The second-order valence-electron chi connectivity index (χ2n) is 3.33. The summed E-state index contributed by atoms with van der Waals surface area (Å²) < 4.78 is 5.20. The predicted molar refractivity (Wildman–Crippen MR) is 63.3 cm³/mol. The standard InChI is InChI=1S/C10H9BrN2O3/c1-13(10(11)15)6-2-3-8-7(4-6)12-9(14)5-16-8/h2-4H,5H2,1H3,(H,12,14). The van der Waals surface area contributed by atoms with Crippen molar-refractivity contribution in [1.29, 1.82) is 0 Å². The Kier molecular flexibility index (Phi) is 2.82. The summed E-state index contributed by atoms with van der Waals surface area (Å²) >= 11 is 2.85. The van der Waals surface area contributed by atoms with Crippen molar-refractivity contribution < 1.29 is 14.3 Å². The highest BCUT2D eigenvalue weighted by Crippen LogP contribution is 2.31. The molecule has 0 aromatic heterocycles. The molecule has 5 nitrogen and oxygen atoms in total. The van der Waals surface area contributed by atoms with E-state index in [0.29, 0.717) is 17.1 Å². The zero-order chi connectivity index (χ0) is 11.7. The molecule has 1 heterocycles. The Morgan fingerprint density at radius 2 is 2.31 bits per heavy atom. The summed E-state index contributed by atoms with van der Waals surface area (Å²) in [5.74, 6) is 0.413. The SMILES string of the molecule is CN(C(=O)Br)c1ccc2c(c1)NC(=O)CO2. The van der Waals surface area contributed by atoms with Gasteiger partial charge in [0.15, 0.2) is 6.61 Å². The van der Waals surface area contributed by atoms with Gasteiger partial charge in [-0.1, -0.05) is 0 Å². The first-order valence-electron chi connectivity index (χ1n) is 4.58. The third-order valence-electron chi connectivity index (χ3n) is 2.25. The number of ether oxygens (including phenoxy) is 1. The number of fused-ring (bicyclic) bond motifs is 1. The molecule has 1 aromatic rings. The smallest absolute Gasteiger partial charge is 0.293 e. The molecule has 6 heteroatoms. The van der Waals surface area contributed by atoms with Crippen LogP contribution in [-0.2, 0) is 4.79 Å². The first-order chi connectivity index (χ1) is 7.58. The van der Waals surface area contributed by atoms with E-state index in [-0.39, 0.29) is 17.3 Å². The van der Waals surface area contributed by atoms with E-state index < -0.39 is 0 Å². The van der Waals surface area contributed by atoms with Crippen LogP contribution in [0.2, 0.25) is 0 Å². The lowest BCUT2D eigenvalue weighted by Gasteiger charge is -2.21. The Hall–Kier alpha value is -1.56. The second kappa shape index (κ2) is 4.13. The molecule has 0 radical (unpaired) electrons. The summed E-state index contributed by atoms with van der Waals surface area (Å²) in [6.45, 7) is 0.0273. The van der Waals surface area contributed by atoms with Crippen molar-refractivity contribution in [2.75, 3.05) is 23.9 Å². The minimum atomic E-state index is -0.254. The van der Waals surface area contributed by atoms with Crippen LogP contribution in [0.5, 0.6) is 5.75 Å². The van der Waals surface area contributed by atoms with Crippen molar-refractivity contribution >= 4 is 38.0 Å². The van der Waals surface area contributed by atoms with Crippen LogP contribution in [0.15, 0.2) is 18.2 Å². The third kappa shape index (κ3) is 2.01. The zero-order valence-electron chi connectivity index (χ0n) is 8.49. The summed E-state index contributed by atoms with van der Waals surface area (Å²) in [5, 5.41) is 2.68. The highest BCUT2D eigenvalue weighted by molar-refractivity contribution is 9.18. The van der Waals surface area contributed by atoms with Gasteiger partial charge in [0.1, 0.15) is 5.75 Å². The highest BCUT2D eigenvalue weighted by atomic mass is 79.9. The van der Waals surface area contributed by atoms with Crippen LogP contribution in [0.25, 0.3) is 0 Å². The number of halogens is 1. The average molecular weight is 285 g/mol. The van der Waals surface area contributed by atoms with E-state index in [9.17, 15) is 9.59 Å². The molecule has 1 aliphatic heterocycles. The topological polar surface area (TPSA) is 58.6 Å². The fraction of sp³-hybridized carbons (Fsp3) is 0.200. The second-order valence-corrected chi connectivity index (χ2v) is 4.01. The molecule has 0 aliphatic carbocycles. The number of hydrogen-bond donors (Lipinski definition) is 1. The molecule has 16 heavy (non-hydrogen) atoms. The van der Waals surface area contributed by atoms with E-state index in [0.717, 1.165) is 0 Å². The van der Waals surface area contributed by atoms with Crippen LogP contribution in [0.3, 0.4) is 0 Å². The molecule has 0 fully saturated rings. The van der Waals surface area contributed by atoms with Crippen LogP contribution in [0, 0.1) is 0 Å². The summed E-state index contributed by atoms with van der Waals surface area (Å²) in [7, 11) is 1.63. The number of amides is 2. The molecular weight excluding hydrogens is 276 g/mol. The quantitative estimate of drug-likeness (QED) is 0.634. The zero-order valence-corrected chi connectivity index (χ0v) is 10.1. The molecule has 0 bridgehead atoms. The number of benzene rings is 1. The molecule has 0 atom stereocenters. The van der Waals surface area contributed by atoms with Gasteiger partial charge in [0.25, 0.3) is 10.7 Å². The summed E-state index contributed by atoms with van der Waals surface area (Å²) in [6, 6.07) is 5.15. The number of nitrogens with zero attached hydrogens (tertiary/aromatic N) is 1. The summed E-state index contributed by atoms with van der Waals surface area (Å²) in [4.78, 5) is 23.4. The Morgan fingerprint density at radius 1 is 1.56 bits per heavy atom. The third-order valence-corrected chi connectivity index (χ3v) is 2.78. The fourth-order valence-electron chi connectivity index (χ4n) is 1.38. The maximum atomic E-state index is 11.1. The van der Waals surface area contributed by atoms with Crippen molar-refractivity contribution in [3.63, 3.8) is 0 Å². The number of carbonyl (C=O) groups excluding carboxylic acids is 2. The van der Waals surface area contributed by atoms with Crippen LogP contribution >= 0.6 is 15.9 Å². The monoisotopic (exact) mass is 284 g/mol. The minimum Gasteiger partial charge on any atom is -0.482 e. The van der Waals surface area contributed by atoms with Crippen molar-refractivity contribution in [2.45, 2.75) is 0 Å². The number of rotatable bonds is 1. The Balaban J connectivity index is 2.34. The van der Waals surface area contributed by atoms with Gasteiger partial charge in [0.05, 0.1) is 5.69 Å². The molecule has 0 saturated carbocycles. The summed E-state index contributed by atoms with van der Waals surface area (Å²) in [6.07, 6.45) is 0. The van der Waals surface area contributed by atoms with Gasteiger partial charge in [-0.25, -0.2) is 0 Å². The van der Waals surface area contributed by atoms with Gasteiger partial charge >= 0.3 is 0 Å². The molecule has 2 amide bonds. The van der Waals surface area contributed by atoms with Crippen molar-refractivity contribution in [2.24, 2.45) is 0 Å². The van der Waals surface area contributed by atoms with E-state index in [2.05, 4.69) is 21.2 Å². The fourth-order valence-corrected chi connectivity index (χ4v) is 1.59. The van der Waals surface area contributed by atoms with Crippen molar-refractivity contribution in [3.8, 4) is 5.75 Å². The number of nitrogens with one attached hydrogen (secondary N) is 1. The molecule has 84 valence electrons. The first kappa shape index (κ1) is 10.9. The number of carbonyl (C=O) groups is 2. The molecular formula is C10H9BrN2O3. The normalized spacial score (nSPS) is 13.5. The van der Waals surface area contributed by atoms with Gasteiger partial charge in [-0.05, 0) is 18.2 Å². The van der Waals surface area contributed by atoms with E-state index in [1.807, 2.05) is 0 Å². The van der Waals surface area contributed by atoms with E-state index in [4.69, 9.17) is 4.74 Å². The van der Waals surface area contributed by atoms with E-state index in [1.165, 1.54) is 4.90 Å². The van der Waals surface area contributed by atoms with Gasteiger partial charge in [0.2, 0.25) is 0 Å². The number of hydrogen-bond acceptors (Lipinski definition) is 3. The predicted octanol–water partition coefficient (Wildman–Crippen LogP) is 1.97. The van der Waals surface area contributed by atoms with Gasteiger partial charge < -0.3 is 15.0 Å². The lowest BCUT2D eigenvalue weighted by molar-refractivity contribution is -0.118. The molecule has 0 spiro atoms. The Labute approximate surface area is 100 Å². The maximum Gasteiger partial charge on any atom is 0.293 e. The average Bonchev–Trinajstić information content (AvgIpc) is 2.26. The molecule has 1 aromatic carbocycles. The molecule has 1 N–H and O–H groups in total. The number of anilines is 2. The van der Waals surface area contributed by atoms with E-state index in [1.54, 1.807) is 25.2 Å². The van der Waals surface area contributed by atoms with Gasteiger partial charge in [0, 0.05) is 28.7 Å². The van der Waals surface area contributed by atoms with Crippen molar-refractivity contribution in [1.82, 2.24) is 0 Å². The first-order valence-corrected chi connectivity index (χ1v) is 5.37. The maximum absolute atomic E-state index is 11.1. The Bertz CT molecular complexity index is 461. The largest absolute Gasteiger partial charge is 0.482 e. The van der Waals surface area contributed by atoms with Crippen LogP contribution < -0.4 is 15.0 Å². The molecule has 1 aliphatic rings. The van der Waals surface area contributed by atoms with Crippen LogP contribution in [0.4, 0.5) is 16.2 Å². The highest BCUT2D eigenvalue weighted by Gasteiger charge is 2.17. The lowest BCUT2D eigenvalue weighted by Crippen LogP contribution is -2.26. The lowest BCUT2D eigenvalue weighted by atomic mass is 10.2. The van der Waals surface area contributed by atoms with Crippen LogP contribution in [0.1, 0.15) is 0 Å². The van der Waals surface area contributed by atoms with Crippen LogP contribution in [-0.4, -0.2) is 24.4 Å². The summed E-state index contributed by atoms with van der Waals surface area (Å²) in [5.41, 5.74) is 1.25. The van der Waals surface area contributed by atoms with Crippen molar-refractivity contribution in [3.05, 3.63) is 18.2 Å². The molecule has 0 unspecified atom stereocenters. The minimum absolute atomic E-state index is 0.0273. The van der Waals surface area contributed by atoms with Gasteiger partial charge in [-0.3, -0.25) is 9.59 Å². The van der Waals surface area contributed by atoms with Gasteiger partial charge in [-0.15, -0.1) is 0 Å². The van der Waals surface area contributed by atoms with Gasteiger partial charge in [-0.2, -0.15) is 0 Å². The molecule has 2 rings (SSSR count).